The molecule has 0 bridgehead atoms. The summed E-state index contributed by atoms with van der Waals surface area (Å²) in [5.41, 5.74) is 5.66. The molecule has 0 saturated heterocycles. The summed E-state index contributed by atoms with van der Waals surface area (Å²) >= 11 is 0. The average Bonchev–Trinajstić information content (AvgIpc) is 2.49. The Morgan fingerprint density at radius 1 is 0.550 bits per heavy atom. The molecular weight excluding hydrogens is 248 g/mol. The molecule has 1 aromatic carbocycles. The second kappa shape index (κ2) is 5.17. The lowest BCUT2D eigenvalue weighted by atomic mass is 10.1. The van der Waals surface area contributed by atoms with Gasteiger partial charge in [0.1, 0.15) is 0 Å². The molecule has 0 aliphatic rings. The molecular formula is C16H14N4. The lowest BCUT2D eigenvalue weighted by Gasteiger charge is -2.04. The first-order valence-corrected chi connectivity index (χ1v) is 6.40. The van der Waals surface area contributed by atoms with Gasteiger partial charge in [-0.05, 0) is 13.8 Å². The van der Waals surface area contributed by atoms with E-state index in [2.05, 4.69) is 19.9 Å². The van der Waals surface area contributed by atoms with Crippen LogP contribution in [0.5, 0.6) is 0 Å². The maximum absolute atomic E-state index is 4.37. The van der Waals surface area contributed by atoms with E-state index in [0.717, 1.165) is 33.9 Å². The Morgan fingerprint density at radius 3 is 1.25 bits per heavy atom. The van der Waals surface area contributed by atoms with Gasteiger partial charge in [0.15, 0.2) is 0 Å². The van der Waals surface area contributed by atoms with E-state index in [0.29, 0.717) is 0 Å². The van der Waals surface area contributed by atoms with Gasteiger partial charge in [0.25, 0.3) is 0 Å². The predicted molar refractivity (Wildman–Crippen MR) is 78.0 cm³/mol. The van der Waals surface area contributed by atoms with Crippen LogP contribution < -0.4 is 0 Å². The first-order chi connectivity index (χ1) is 9.72. The Balaban J connectivity index is 1.91. The summed E-state index contributed by atoms with van der Waals surface area (Å²) < 4.78 is 0. The van der Waals surface area contributed by atoms with Gasteiger partial charge in [0.05, 0.1) is 35.2 Å². The van der Waals surface area contributed by atoms with Crippen molar-refractivity contribution >= 4 is 0 Å². The molecule has 0 radical (unpaired) electrons. The van der Waals surface area contributed by atoms with Gasteiger partial charge in [-0.25, -0.2) is 0 Å². The molecule has 0 saturated carbocycles. The molecule has 4 nitrogen and oxygen atoms in total. The molecule has 3 rings (SSSR count). The highest BCUT2D eigenvalue weighted by Gasteiger charge is 2.03. The van der Waals surface area contributed by atoms with Gasteiger partial charge >= 0.3 is 0 Å². The normalized spacial score (nSPS) is 10.5. The van der Waals surface area contributed by atoms with Gasteiger partial charge in [0.2, 0.25) is 0 Å². The Hall–Kier alpha value is -2.62. The highest BCUT2D eigenvalue weighted by atomic mass is 14.8. The number of benzene rings is 1. The first-order valence-electron chi connectivity index (χ1n) is 6.40. The van der Waals surface area contributed by atoms with Crippen molar-refractivity contribution in [2.24, 2.45) is 0 Å². The van der Waals surface area contributed by atoms with Crippen LogP contribution in [-0.2, 0) is 0 Å². The van der Waals surface area contributed by atoms with Crippen molar-refractivity contribution in [1.82, 2.24) is 19.9 Å². The summed E-state index contributed by atoms with van der Waals surface area (Å²) in [7, 11) is 0. The number of nitrogens with zero attached hydrogens (tertiary/aromatic N) is 4. The summed E-state index contributed by atoms with van der Waals surface area (Å²) in [6.45, 7) is 3.85. The van der Waals surface area contributed by atoms with Crippen LogP contribution in [0.25, 0.3) is 22.5 Å². The molecule has 98 valence electrons. The summed E-state index contributed by atoms with van der Waals surface area (Å²) in [6.07, 6.45) is 7.12. The minimum atomic E-state index is 0.872. The van der Waals surface area contributed by atoms with Crippen LogP contribution in [0, 0.1) is 13.8 Å². The smallest absolute Gasteiger partial charge is 0.0885 e. The van der Waals surface area contributed by atoms with Crippen LogP contribution >= 0.6 is 0 Å². The molecule has 0 amide bonds. The highest BCUT2D eigenvalue weighted by molar-refractivity contribution is 5.65. The topological polar surface area (TPSA) is 51.6 Å². The zero-order valence-corrected chi connectivity index (χ0v) is 11.4. The molecule has 3 aromatic rings. The van der Waals surface area contributed by atoms with Crippen molar-refractivity contribution in [1.29, 1.82) is 0 Å². The lowest BCUT2D eigenvalue weighted by molar-refractivity contribution is 1.12. The second-order valence-corrected chi connectivity index (χ2v) is 4.66. The first kappa shape index (κ1) is 12.4. The van der Waals surface area contributed by atoms with Crippen LogP contribution in [0.2, 0.25) is 0 Å². The SMILES string of the molecule is Cc1cnc(-c2ccc(-c3cnc(C)cn3)cc2)cn1. The van der Waals surface area contributed by atoms with E-state index in [9.17, 15) is 0 Å². The second-order valence-electron chi connectivity index (χ2n) is 4.66. The molecule has 20 heavy (non-hydrogen) atoms. The molecule has 0 fully saturated rings. The van der Waals surface area contributed by atoms with E-state index >= 15 is 0 Å². The Labute approximate surface area is 117 Å². The number of rotatable bonds is 2. The van der Waals surface area contributed by atoms with Crippen LogP contribution in [0.15, 0.2) is 49.1 Å². The van der Waals surface area contributed by atoms with Crippen molar-refractivity contribution < 1.29 is 0 Å². The van der Waals surface area contributed by atoms with Crippen molar-refractivity contribution in [2.75, 3.05) is 0 Å². The standard InChI is InChI=1S/C16H14N4/c1-11-7-19-15(9-17-11)13-3-5-14(6-4-13)16-10-18-12(2)8-20-16/h3-10H,1-2H3. The van der Waals surface area contributed by atoms with Crippen molar-refractivity contribution in [3.05, 3.63) is 60.4 Å². The monoisotopic (exact) mass is 262 g/mol. The van der Waals surface area contributed by atoms with E-state index in [1.54, 1.807) is 24.8 Å². The Morgan fingerprint density at radius 2 is 0.950 bits per heavy atom. The molecule has 0 aliphatic carbocycles. The van der Waals surface area contributed by atoms with E-state index in [1.807, 2.05) is 38.1 Å². The van der Waals surface area contributed by atoms with Gasteiger partial charge in [0, 0.05) is 23.5 Å². The maximum atomic E-state index is 4.37. The predicted octanol–water partition coefficient (Wildman–Crippen LogP) is 3.22. The van der Waals surface area contributed by atoms with E-state index in [4.69, 9.17) is 0 Å². The third-order valence-electron chi connectivity index (χ3n) is 3.04. The fourth-order valence-electron chi connectivity index (χ4n) is 1.90. The van der Waals surface area contributed by atoms with Crippen LogP contribution in [0.4, 0.5) is 0 Å². The molecule has 0 N–H and O–H groups in total. The van der Waals surface area contributed by atoms with Gasteiger partial charge in [-0.3, -0.25) is 19.9 Å². The number of aryl methyl sites for hydroxylation is 2. The molecule has 0 aliphatic heterocycles. The molecule has 2 aromatic heterocycles. The minimum Gasteiger partial charge on any atom is -0.258 e. The Bertz CT molecular complexity index is 636. The number of hydrogen-bond donors (Lipinski definition) is 0. The van der Waals surface area contributed by atoms with Crippen molar-refractivity contribution in [2.45, 2.75) is 13.8 Å². The quantitative estimate of drug-likeness (QED) is 0.711. The Kier molecular flexibility index (Phi) is 3.21. The zero-order valence-electron chi connectivity index (χ0n) is 11.4. The zero-order chi connectivity index (χ0) is 13.9. The third kappa shape index (κ3) is 2.54. The summed E-state index contributed by atoms with van der Waals surface area (Å²) in [5.74, 6) is 0. The average molecular weight is 262 g/mol. The van der Waals surface area contributed by atoms with Gasteiger partial charge in [-0.1, -0.05) is 24.3 Å². The molecule has 0 unspecified atom stereocenters. The fourth-order valence-corrected chi connectivity index (χ4v) is 1.90. The van der Waals surface area contributed by atoms with E-state index < -0.39 is 0 Å². The molecule has 2 heterocycles. The molecule has 4 heteroatoms. The highest BCUT2D eigenvalue weighted by Crippen LogP contribution is 2.21. The third-order valence-corrected chi connectivity index (χ3v) is 3.04. The fraction of sp³-hybridized carbons (Fsp3) is 0.125. The summed E-state index contributed by atoms with van der Waals surface area (Å²) in [5, 5.41) is 0. The van der Waals surface area contributed by atoms with Crippen LogP contribution in [0.1, 0.15) is 11.4 Å². The minimum absolute atomic E-state index is 0.872. The van der Waals surface area contributed by atoms with Gasteiger partial charge < -0.3 is 0 Å². The van der Waals surface area contributed by atoms with Crippen LogP contribution in [0.3, 0.4) is 0 Å². The van der Waals surface area contributed by atoms with E-state index in [1.165, 1.54) is 0 Å². The lowest BCUT2D eigenvalue weighted by Crippen LogP contribution is -1.90. The van der Waals surface area contributed by atoms with Crippen LogP contribution in [-0.4, -0.2) is 19.9 Å². The molecule has 0 atom stereocenters. The largest absolute Gasteiger partial charge is 0.258 e. The maximum Gasteiger partial charge on any atom is 0.0885 e. The van der Waals surface area contributed by atoms with Gasteiger partial charge in [-0.15, -0.1) is 0 Å². The van der Waals surface area contributed by atoms with Gasteiger partial charge in [-0.2, -0.15) is 0 Å². The number of hydrogen-bond acceptors (Lipinski definition) is 4. The van der Waals surface area contributed by atoms with E-state index in [-0.39, 0.29) is 0 Å². The van der Waals surface area contributed by atoms with Crippen molar-refractivity contribution in [3.63, 3.8) is 0 Å². The number of aromatic nitrogens is 4. The van der Waals surface area contributed by atoms with Crippen molar-refractivity contribution in [3.8, 4) is 22.5 Å². The summed E-state index contributed by atoms with van der Waals surface area (Å²) in [6, 6.07) is 8.10. The summed E-state index contributed by atoms with van der Waals surface area (Å²) in [4.78, 5) is 17.3. The molecule has 0 spiro atoms.